The fraction of sp³-hybridized carbons (Fsp3) is 0.250. The van der Waals surface area contributed by atoms with Gasteiger partial charge in [-0.3, -0.25) is 9.59 Å². The van der Waals surface area contributed by atoms with Crippen LogP contribution in [-0.2, 0) is 11.6 Å². The molecule has 4 rings (SSSR count). The summed E-state index contributed by atoms with van der Waals surface area (Å²) in [5, 5.41) is 11.2. The number of aromatic nitrogens is 6. The molecule has 4 aromatic rings. The van der Waals surface area contributed by atoms with Crippen molar-refractivity contribution in [3.05, 3.63) is 87.7 Å². The molecular formula is C24H22F3N7O2. The van der Waals surface area contributed by atoms with Crippen LogP contribution in [0.25, 0.3) is 11.6 Å². The molecule has 0 fully saturated rings. The Bertz CT molecular complexity index is 1490. The van der Waals surface area contributed by atoms with E-state index in [0.717, 1.165) is 22.9 Å². The Balaban J connectivity index is 1.75. The third-order valence-corrected chi connectivity index (χ3v) is 5.20. The minimum absolute atomic E-state index is 0.0501. The summed E-state index contributed by atoms with van der Waals surface area (Å²) in [6.07, 6.45) is -1.53. The zero-order chi connectivity index (χ0) is 26.3. The zero-order valence-corrected chi connectivity index (χ0v) is 19.8. The molecule has 1 N–H and O–H groups in total. The van der Waals surface area contributed by atoms with Crippen molar-refractivity contribution in [2.45, 2.75) is 39.3 Å². The summed E-state index contributed by atoms with van der Waals surface area (Å²) in [4.78, 5) is 34.1. The lowest BCUT2D eigenvalue weighted by atomic mass is 9.92. The number of nitrogens with zero attached hydrogens (tertiary/aromatic N) is 6. The largest absolute Gasteiger partial charge is 0.416 e. The molecule has 0 unspecified atom stereocenters. The van der Waals surface area contributed by atoms with Gasteiger partial charge in [-0.1, -0.05) is 26.8 Å². The van der Waals surface area contributed by atoms with Crippen molar-refractivity contribution in [1.82, 2.24) is 29.5 Å². The normalized spacial score (nSPS) is 12.0. The number of halogens is 3. The second kappa shape index (κ2) is 9.02. The highest BCUT2D eigenvalue weighted by Gasteiger charge is 2.31. The Morgan fingerprint density at radius 2 is 1.64 bits per heavy atom. The third-order valence-electron chi connectivity index (χ3n) is 5.20. The van der Waals surface area contributed by atoms with Gasteiger partial charge in [-0.05, 0) is 31.2 Å². The Morgan fingerprint density at radius 3 is 2.28 bits per heavy atom. The number of amides is 1. The van der Waals surface area contributed by atoms with Crippen molar-refractivity contribution in [3.8, 4) is 11.6 Å². The van der Waals surface area contributed by atoms with Gasteiger partial charge in [0.25, 0.3) is 11.9 Å². The highest BCUT2D eigenvalue weighted by Crippen LogP contribution is 2.30. The number of anilines is 1. The van der Waals surface area contributed by atoms with E-state index in [4.69, 9.17) is 0 Å². The summed E-state index contributed by atoms with van der Waals surface area (Å²) in [6, 6.07) is 8.84. The average molecular weight is 497 g/mol. The van der Waals surface area contributed by atoms with E-state index in [0.29, 0.717) is 5.69 Å². The van der Waals surface area contributed by atoms with Gasteiger partial charge in [0.1, 0.15) is 5.82 Å². The van der Waals surface area contributed by atoms with Crippen molar-refractivity contribution in [2.24, 2.45) is 0 Å². The molecular weight excluding hydrogens is 475 g/mol. The standard InChI is InChI=1S/C24H22F3N7O2/c1-14-11-17(35)20(32-33(14)16-8-5-7-15(12-16)24(25,26)27)21(36)30-19-13-18(23(2,3)4)31-34(19)22-28-9-6-10-29-22/h5-13H,1-4H3,(H,30,36). The lowest BCUT2D eigenvalue weighted by Gasteiger charge is -2.14. The number of benzene rings is 1. The van der Waals surface area contributed by atoms with Gasteiger partial charge in [0.15, 0.2) is 5.69 Å². The number of aryl methyl sites for hydroxylation is 1. The molecule has 0 aliphatic carbocycles. The molecule has 0 spiro atoms. The van der Waals surface area contributed by atoms with E-state index in [-0.39, 0.29) is 28.6 Å². The lowest BCUT2D eigenvalue weighted by Crippen LogP contribution is -2.27. The molecule has 9 nitrogen and oxygen atoms in total. The van der Waals surface area contributed by atoms with Gasteiger partial charge >= 0.3 is 6.18 Å². The summed E-state index contributed by atoms with van der Waals surface area (Å²) in [6.45, 7) is 7.32. The van der Waals surface area contributed by atoms with Crippen molar-refractivity contribution >= 4 is 11.7 Å². The van der Waals surface area contributed by atoms with Gasteiger partial charge in [0.2, 0.25) is 5.43 Å². The predicted molar refractivity (Wildman–Crippen MR) is 125 cm³/mol. The summed E-state index contributed by atoms with van der Waals surface area (Å²) >= 11 is 0. The van der Waals surface area contributed by atoms with Gasteiger partial charge in [-0.15, -0.1) is 0 Å². The molecule has 12 heteroatoms. The van der Waals surface area contributed by atoms with Crippen LogP contribution in [0.4, 0.5) is 19.0 Å². The number of hydrogen-bond donors (Lipinski definition) is 1. The fourth-order valence-electron chi connectivity index (χ4n) is 3.35. The first-order valence-electron chi connectivity index (χ1n) is 10.8. The van der Waals surface area contributed by atoms with E-state index < -0.39 is 28.8 Å². The fourth-order valence-corrected chi connectivity index (χ4v) is 3.35. The maximum Gasteiger partial charge on any atom is 0.416 e. The van der Waals surface area contributed by atoms with Gasteiger partial charge in [0, 0.05) is 35.6 Å². The van der Waals surface area contributed by atoms with Crippen LogP contribution in [-0.4, -0.2) is 35.4 Å². The van der Waals surface area contributed by atoms with Crippen molar-refractivity contribution in [2.75, 3.05) is 5.32 Å². The van der Waals surface area contributed by atoms with Crippen LogP contribution in [0.5, 0.6) is 0 Å². The smallest absolute Gasteiger partial charge is 0.305 e. The van der Waals surface area contributed by atoms with Crippen LogP contribution in [0.3, 0.4) is 0 Å². The summed E-state index contributed by atoms with van der Waals surface area (Å²) in [7, 11) is 0. The SMILES string of the molecule is Cc1cc(=O)c(C(=O)Nc2cc(C(C)(C)C)nn2-c2ncccn2)nn1-c1cccc(C(F)(F)F)c1. The van der Waals surface area contributed by atoms with Crippen molar-refractivity contribution < 1.29 is 18.0 Å². The van der Waals surface area contributed by atoms with Crippen LogP contribution in [0.15, 0.2) is 59.7 Å². The number of hydrogen-bond acceptors (Lipinski definition) is 6. The molecule has 0 aliphatic rings. The molecule has 186 valence electrons. The molecule has 0 saturated heterocycles. The van der Waals surface area contributed by atoms with E-state index in [2.05, 4.69) is 25.5 Å². The highest BCUT2D eigenvalue weighted by atomic mass is 19.4. The summed E-state index contributed by atoms with van der Waals surface area (Å²) in [5.41, 5.74) is -1.51. The number of carbonyl (C=O) groups is 1. The van der Waals surface area contributed by atoms with E-state index in [9.17, 15) is 22.8 Å². The highest BCUT2D eigenvalue weighted by molar-refractivity contribution is 6.02. The number of rotatable bonds is 4. The Labute approximate surface area is 203 Å². The minimum atomic E-state index is -4.56. The molecule has 36 heavy (non-hydrogen) atoms. The van der Waals surface area contributed by atoms with E-state index in [1.165, 1.54) is 36.1 Å². The van der Waals surface area contributed by atoms with Crippen LogP contribution in [0, 0.1) is 6.92 Å². The van der Waals surface area contributed by atoms with E-state index in [1.807, 2.05) is 20.8 Å². The van der Waals surface area contributed by atoms with Crippen LogP contribution >= 0.6 is 0 Å². The second-order valence-corrected chi connectivity index (χ2v) is 9.04. The average Bonchev–Trinajstić information content (AvgIpc) is 3.23. The lowest BCUT2D eigenvalue weighted by molar-refractivity contribution is -0.137. The first kappa shape index (κ1) is 24.8. The van der Waals surface area contributed by atoms with Crippen molar-refractivity contribution in [1.29, 1.82) is 0 Å². The third kappa shape index (κ3) is 5.02. The number of carbonyl (C=O) groups excluding carboxylic acids is 1. The van der Waals surface area contributed by atoms with Crippen LogP contribution in [0.2, 0.25) is 0 Å². The molecule has 0 radical (unpaired) electrons. The number of nitrogens with one attached hydrogen (secondary N) is 1. The summed E-state index contributed by atoms with van der Waals surface area (Å²) in [5.74, 6) is -0.469. The predicted octanol–water partition coefficient (Wildman–Crippen LogP) is 4.09. The van der Waals surface area contributed by atoms with Gasteiger partial charge in [-0.2, -0.15) is 28.1 Å². The Morgan fingerprint density at radius 1 is 0.944 bits per heavy atom. The first-order chi connectivity index (χ1) is 16.8. The summed E-state index contributed by atoms with van der Waals surface area (Å²) < 4.78 is 42.0. The van der Waals surface area contributed by atoms with Gasteiger partial charge in [0.05, 0.1) is 16.9 Å². The van der Waals surface area contributed by atoms with E-state index in [1.54, 1.807) is 12.1 Å². The molecule has 3 heterocycles. The maximum absolute atomic E-state index is 13.2. The van der Waals surface area contributed by atoms with Crippen LogP contribution < -0.4 is 10.7 Å². The number of alkyl halides is 3. The molecule has 1 aromatic carbocycles. The molecule has 0 atom stereocenters. The van der Waals surface area contributed by atoms with Crippen LogP contribution in [0.1, 0.15) is 48.2 Å². The first-order valence-corrected chi connectivity index (χ1v) is 10.8. The zero-order valence-electron chi connectivity index (χ0n) is 19.8. The van der Waals surface area contributed by atoms with Gasteiger partial charge in [-0.25, -0.2) is 14.6 Å². The monoisotopic (exact) mass is 497 g/mol. The topological polar surface area (TPSA) is 108 Å². The van der Waals surface area contributed by atoms with Crippen molar-refractivity contribution in [3.63, 3.8) is 0 Å². The molecule has 0 saturated carbocycles. The van der Waals surface area contributed by atoms with E-state index >= 15 is 0 Å². The van der Waals surface area contributed by atoms with Gasteiger partial charge < -0.3 is 5.32 Å². The maximum atomic E-state index is 13.2. The molecule has 3 aromatic heterocycles. The second-order valence-electron chi connectivity index (χ2n) is 9.04. The minimum Gasteiger partial charge on any atom is -0.305 e. The quantitative estimate of drug-likeness (QED) is 0.455. The Hall–Kier alpha value is -4.35. The molecule has 1 amide bonds. The Kier molecular flexibility index (Phi) is 6.21. The molecule has 0 aliphatic heterocycles. The molecule has 0 bridgehead atoms.